The van der Waals surface area contributed by atoms with Gasteiger partial charge < -0.3 is 10.2 Å². The van der Waals surface area contributed by atoms with Gasteiger partial charge in [0.15, 0.2) is 5.78 Å². The first-order valence-electron chi connectivity index (χ1n) is 7.11. The van der Waals surface area contributed by atoms with E-state index < -0.39 is 17.0 Å². The molecule has 4 nitrogen and oxygen atoms in total. The lowest BCUT2D eigenvalue weighted by atomic mass is 9.62. The number of aliphatic carboxylic acids is 1. The van der Waals surface area contributed by atoms with Crippen molar-refractivity contribution in [2.24, 2.45) is 5.41 Å². The van der Waals surface area contributed by atoms with Gasteiger partial charge in [-0.2, -0.15) is 0 Å². The fourth-order valence-electron chi connectivity index (χ4n) is 2.90. The van der Waals surface area contributed by atoms with Crippen LogP contribution in [0.4, 0.5) is 0 Å². The predicted molar refractivity (Wildman–Crippen MR) is 81.9 cm³/mol. The molecule has 0 aromatic heterocycles. The number of Topliss-reactive ketones (excluding diaryl/α,β-unsaturated/α-hetero) is 1. The number of hydrogen-bond donors (Lipinski definition) is 2. The van der Waals surface area contributed by atoms with E-state index in [1.54, 1.807) is 26.0 Å². The Hall–Kier alpha value is -1.68. The maximum atomic E-state index is 12.1. The molecule has 1 aliphatic rings. The molecular weight excluding hydrogens is 268 g/mol. The Bertz CT molecular complexity index is 549. The van der Waals surface area contributed by atoms with Gasteiger partial charge in [-0.05, 0) is 43.1 Å². The Morgan fingerprint density at radius 2 is 1.95 bits per heavy atom. The molecule has 0 fully saturated rings. The molecule has 0 aromatic rings. The smallest absolute Gasteiger partial charge is 0.328 e. The summed E-state index contributed by atoms with van der Waals surface area (Å²) in [6, 6.07) is 0. The highest BCUT2D eigenvalue weighted by Crippen LogP contribution is 2.47. The van der Waals surface area contributed by atoms with Crippen LogP contribution in [-0.2, 0) is 9.59 Å². The highest BCUT2D eigenvalue weighted by molar-refractivity contribution is 5.98. The van der Waals surface area contributed by atoms with Gasteiger partial charge in [-0.3, -0.25) is 4.79 Å². The number of carboxylic acid groups (broad SMARTS) is 1. The molecule has 2 N–H and O–H groups in total. The zero-order valence-corrected chi connectivity index (χ0v) is 13.4. The minimum absolute atomic E-state index is 0.0795. The first-order valence-corrected chi connectivity index (χ1v) is 7.11. The van der Waals surface area contributed by atoms with Gasteiger partial charge in [-0.25, -0.2) is 4.79 Å². The summed E-state index contributed by atoms with van der Waals surface area (Å²) in [5.41, 5.74) is -0.0198. The molecule has 0 bridgehead atoms. The van der Waals surface area contributed by atoms with Gasteiger partial charge in [0, 0.05) is 17.9 Å². The van der Waals surface area contributed by atoms with Gasteiger partial charge in [0.25, 0.3) is 0 Å². The number of hydrogen-bond acceptors (Lipinski definition) is 3. The van der Waals surface area contributed by atoms with E-state index in [9.17, 15) is 14.7 Å². The number of aliphatic hydroxyl groups is 1. The summed E-state index contributed by atoms with van der Waals surface area (Å²) in [7, 11) is 0. The average molecular weight is 292 g/mol. The van der Waals surface area contributed by atoms with Crippen molar-refractivity contribution in [3.63, 3.8) is 0 Å². The second-order valence-electron chi connectivity index (χ2n) is 6.27. The highest BCUT2D eigenvalue weighted by atomic mass is 16.4. The zero-order valence-electron chi connectivity index (χ0n) is 13.4. The van der Waals surface area contributed by atoms with E-state index in [1.165, 1.54) is 0 Å². The minimum atomic E-state index is -1.25. The summed E-state index contributed by atoms with van der Waals surface area (Å²) >= 11 is 0. The van der Waals surface area contributed by atoms with Crippen LogP contribution in [0, 0.1) is 5.41 Å². The molecule has 0 heterocycles. The summed E-state index contributed by atoms with van der Waals surface area (Å²) in [6.07, 6.45) is 5.15. The van der Waals surface area contributed by atoms with Gasteiger partial charge in [0.1, 0.15) is 5.60 Å². The zero-order chi connectivity index (χ0) is 16.4. The summed E-state index contributed by atoms with van der Waals surface area (Å²) < 4.78 is 0. The van der Waals surface area contributed by atoms with E-state index in [0.717, 1.165) is 6.08 Å². The van der Waals surface area contributed by atoms with Crippen molar-refractivity contribution in [1.29, 1.82) is 0 Å². The third kappa shape index (κ3) is 3.32. The van der Waals surface area contributed by atoms with Crippen molar-refractivity contribution in [2.45, 2.75) is 53.1 Å². The number of ketones is 1. The molecule has 1 rings (SSSR count). The number of carbonyl (C=O) groups is 2. The summed E-state index contributed by atoms with van der Waals surface area (Å²) in [6.45, 7) is 9.03. The summed E-state index contributed by atoms with van der Waals surface area (Å²) in [5.74, 6) is -0.945. The average Bonchev–Trinajstić information content (AvgIpc) is 2.33. The van der Waals surface area contributed by atoms with Crippen LogP contribution in [0.3, 0.4) is 0 Å². The van der Waals surface area contributed by atoms with Crippen molar-refractivity contribution in [3.05, 3.63) is 34.9 Å². The summed E-state index contributed by atoms with van der Waals surface area (Å²) in [4.78, 5) is 22.8. The Morgan fingerprint density at radius 3 is 2.43 bits per heavy atom. The predicted octanol–water partition coefficient (Wildman–Crippen LogP) is 3.03. The Kier molecular flexibility index (Phi) is 4.95. The van der Waals surface area contributed by atoms with Crippen molar-refractivity contribution in [1.82, 2.24) is 0 Å². The lowest BCUT2D eigenvalue weighted by molar-refractivity contribution is -0.131. The normalized spacial score (nSPS) is 26.6. The molecular formula is C17H24O4. The fraction of sp³-hybridized carbons (Fsp3) is 0.529. The molecule has 0 aliphatic heterocycles. The van der Waals surface area contributed by atoms with E-state index in [2.05, 4.69) is 0 Å². The molecule has 4 heteroatoms. The van der Waals surface area contributed by atoms with E-state index in [0.29, 0.717) is 23.1 Å². The van der Waals surface area contributed by atoms with E-state index >= 15 is 0 Å². The monoisotopic (exact) mass is 292 g/mol. The third-order valence-electron chi connectivity index (χ3n) is 4.29. The second kappa shape index (κ2) is 5.98. The molecule has 0 saturated heterocycles. The van der Waals surface area contributed by atoms with Crippen LogP contribution in [0.1, 0.15) is 47.5 Å². The SMILES string of the molecule is CCC1=C(C)[C@](O)(C=CC(C)=CC(=O)O)C(C)(C)CC1=O. The van der Waals surface area contributed by atoms with Gasteiger partial charge in [-0.15, -0.1) is 0 Å². The number of carbonyl (C=O) groups excluding carboxylic acids is 1. The topological polar surface area (TPSA) is 74.6 Å². The van der Waals surface area contributed by atoms with Gasteiger partial charge in [0.2, 0.25) is 0 Å². The van der Waals surface area contributed by atoms with E-state index in [1.807, 2.05) is 20.8 Å². The van der Waals surface area contributed by atoms with Crippen LogP contribution in [0.5, 0.6) is 0 Å². The van der Waals surface area contributed by atoms with Gasteiger partial charge in [-0.1, -0.05) is 26.8 Å². The maximum absolute atomic E-state index is 12.1. The Labute approximate surface area is 125 Å². The molecule has 1 atom stereocenters. The van der Waals surface area contributed by atoms with Gasteiger partial charge in [0.05, 0.1) is 0 Å². The lowest BCUT2D eigenvalue weighted by Gasteiger charge is -2.45. The van der Waals surface area contributed by atoms with E-state index in [4.69, 9.17) is 5.11 Å². The molecule has 0 saturated carbocycles. The fourth-order valence-corrected chi connectivity index (χ4v) is 2.90. The van der Waals surface area contributed by atoms with Gasteiger partial charge >= 0.3 is 5.97 Å². The van der Waals surface area contributed by atoms with Crippen LogP contribution in [0.2, 0.25) is 0 Å². The van der Waals surface area contributed by atoms with Crippen molar-refractivity contribution < 1.29 is 19.8 Å². The lowest BCUT2D eigenvalue weighted by Crippen LogP contribution is -2.49. The Balaban J connectivity index is 3.33. The molecule has 0 aromatic carbocycles. The first kappa shape index (κ1) is 17.4. The van der Waals surface area contributed by atoms with Crippen molar-refractivity contribution in [3.8, 4) is 0 Å². The molecule has 0 amide bonds. The van der Waals surface area contributed by atoms with Crippen LogP contribution >= 0.6 is 0 Å². The van der Waals surface area contributed by atoms with Crippen molar-refractivity contribution in [2.75, 3.05) is 0 Å². The van der Waals surface area contributed by atoms with Crippen LogP contribution in [-0.4, -0.2) is 27.6 Å². The second-order valence-corrected chi connectivity index (χ2v) is 6.27. The number of allylic oxidation sites excluding steroid dienone is 3. The maximum Gasteiger partial charge on any atom is 0.328 e. The highest BCUT2D eigenvalue weighted by Gasteiger charge is 2.48. The Morgan fingerprint density at radius 1 is 1.38 bits per heavy atom. The number of rotatable bonds is 4. The molecule has 116 valence electrons. The van der Waals surface area contributed by atoms with Crippen molar-refractivity contribution >= 4 is 11.8 Å². The quantitative estimate of drug-likeness (QED) is 0.617. The standard InChI is InChI=1S/C17H24O4/c1-6-13-12(3)17(21,16(4,5)10-14(13)18)8-7-11(2)9-15(19)20/h7-9,21H,6,10H2,1-5H3,(H,19,20)/t17-/m1/s1. The molecule has 21 heavy (non-hydrogen) atoms. The minimum Gasteiger partial charge on any atom is -0.478 e. The number of carboxylic acids is 1. The van der Waals surface area contributed by atoms with Crippen LogP contribution < -0.4 is 0 Å². The first-order chi connectivity index (χ1) is 9.55. The van der Waals surface area contributed by atoms with E-state index in [-0.39, 0.29) is 12.2 Å². The molecule has 0 unspecified atom stereocenters. The molecule has 0 spiro atoms. The molecule has 0 radical (unpaired) electrons. The van der Waals surface area contributed by atoms with Crippen LogP contribution in [0.25, 0.3) is 0 Å². The largest absolute Gasteiger partial charge is 0.478 e. The molecule has 1 aliphatic carbocycles. The summed E-state index contributed by atoms with van der Waals surface area (Å²) in [5, 5.41) is 19.8. The van der Waals surface area contributed by atoms with Crippen LogP contribution in [0.15, 0.2) is 34.9 Å². The third-order valence-corrected chi connectivity index (χ3v) is 4.29.